The Morgan fingerprint density at radius 3 is 2.54 bits per heavy atom. The van der Waals surface area contributed by atoms with Crippen LogP contribution in [0.1, 0.15) is 16.8 Å². The highest BCUT2D eigenvalue weighted by molar-refractivity contribution is 6.00. The second-order valence-electron chi connectivity index (χ2n) is 6.48. The van der Waals surface area contributed by atoms with E-state index in [2.05, 4.69) is 10.1 Å². The van der Waals surface area contributed by atoms with Crippen LogP contribution in [-0.2, 0) is 19.1 Å². The number of benzene rings is 1. The van der Waals surface area contributed by atoms with Gasteiger partial charge in [0.05, 0.1) is 24.5 Å². The van der Waals surface area contributed by atoms with Crippen LogP contribution in [0.2, 0.25) is 0 Å². The lowest BCUT2D eigenvalue weighted by molar-refractivity contribution is -0.137. The van der Waals surface area contributed by atoms with E-state index in [1.165, 1.54) is 7.11 Å². The SMILES string of the molecule is COC(=O)c1cccc(NC(=O)C2CC2C(=O)N2CCN(C=O)CC2)c1. The molecule has 1 aliphatic carbocycles. The number of ether oxygens (including phenoxy) is 1. The molecular weight excluding hydrogens is 338 g/mol. The maximum atomic E-state index is 12.5. The Morgan fingerprint density at radius 1 is 1.15 bits per heavy atom. The van der Waals surface area contributed by atoms with E-state index in [1.807, 2.05) is 0 Å². The number of anilines is 1. The number of rotatable bonds is 5. The predicted molar refractivity (Wildman–Crippen MR) is 92.2 cm³/mol. The van der Waals surface area contributed by atoms with Crippen molar-refractivity contribution in [3.05, 3.63) is 29.8 Å². The van der Waals surface area contributed by atoms with Crippen LogP contribution in [0.4, 0.5) is 5.69 Å². The summed E-state index contributed by atoms with van der Waals surface area (Å²) in [5, 5.41) is 2.76. The second-order valence-corrected chi connectivity index (χ2v) is 6.48. The van der Waals surface area contributed by atoms with Crippen LogP contribution in [0, 0.1) is 11.8 Å². The zero-order chi connectivity index (χ0) is 18.7. The van der Waals surface area contributed by atoms with Gasteiger partial charge in [0.15, 0.2) is 0 Å². The predicted octanol–water partition coefficient (Wildman–Crippen LogP) is 0.348. The van der Waals surface area contributed by atoms with Gasteiger partial charge in [0.2, 0.25) is 18.2 Å². The minimum atomic E-state index is -0.477. The molecule has 3 amide bonds. The minimum absolute atomic E-state index is 0.0287. The summed E-state index contributed by atoms with van der Waals surface area (Å²) < 4.78 is 4.66. The molecule has 1 saturated carbocycles. The van der Waals surface area contributed by atoms with Crippen LogP contribution >= 0.6 is 0 Å². The zero-order valence-corrected chi connectivity index (χ0v) is 14.5. The molecule has 0 bridgehead atoms. The van der Waals surface area contributed by atoms with Gasteiger partial charge >= 0.3 is 5.97 Å². The van der Waals surface area contributed by atoms with Gasteiger partial charge in [-0.05, 0) is 24.6 Å². The molecule has 0 radical (unpaired) electrons. The Bertz CT molecular complexity index is 727. The summed E-state index contributed by atoms with van der Waals surface area (Å²) in [6.07, 6.45) is 1.31. The van der Waals surface area contributed by atoms with Crippen molar-refractivity contribution in [2.45, 2.75) is 6.42 Å². The molecule has 1 heterocycles. The van der Waals surface area contributed by atoms with Crippen molar-refractivity contribution in [2.75, 3.05) is 38.6 Å². The third-order valence-corrected chi connectivity index (χ3v) is 4.77. The van der Waals surface area contributed by atoms with Gasteiger partial charge in [-0.25, -0.2) is 4.79 Å². The Balaban J connectivity index is 1.54. The van der Waals surface area contributed by atoms with Crippen molar-refractivity contribution in [2.24, 2.45) is 11.8 Å². The summed E-state index contributed by atoms with van der Waals surface area (Å²) in [4.78, 5) is 50.5. The number of hydrogen-bond acceptors (Lipinski definition) is 5. The molecule has 3 rings (SSSR count). The quantitative estimate of drug-likeness (QED) is 0.604. The van der Waals surface area contributed by atoms with Crippen LogP contribution in [0.3, 0.4) is 0 Å². The molecule has 2 fully saturated rings. The van der Waals surface area contributed by atoms with Crippen molar-refractivity contribution < 1.29 is 23.9 Å². The largest absolute Gasteiger partial charge is 0.465 e. The van der Waals surface area contributed by atoms with Crippen molar-refractivity contribution in [1.29, 1.82) is 0 Å². The van der Waals surface area contributed by atoms with Gasteiger partial charge in [-0.2, -0.15) is 0 Å². The molecule has 2 unspecified atom stereocenters. The minimum Gasteiger partial charge on any atom is -0.465 e. The number of esters is 1. The molecule has 1 aromatic rings. The van der Waals surface area contributed by atoms with Gasteiger partial charge < -0.3 is 19.9 Å². The van der Waals surface area contributed by atoms with Crippen LogP contribution in [-0.4, -0.2) is 67.3 Å². The van der Waals surface area contributed by atoms with Gasteiger partial charge in [-0.3, -0.25) is 14.4 Å². The third-order valence-electron chi connectivity index (χ3n) is 4.77. The fourth-order valence-corrected chi connectivity index (χ4v) is 3.12. The number of piperazine rings is 1. The van der Waals surface area contributed by atoms with E-state index in [9.17, 15) is 19.2 Å². The number of carbonyl (C=O) groups is 4. The van der Waals surface area contributed by atoms with Crippen molar-refractivity contribution in [3.8, 4) is 0 Å². The topological polar surface area (TPSA) is 96.0 Å². The lowest BCUT2D eigenvalue weighted by atomic mass is 10.2. The van der Waals surface area contributed by atoms with Crippen LogP contribution < -0.4 is 5.32 Å². The van der Waals surface area contributed by atoms with Gasteiger partial charge in [0, 0.05) is 31.9 Å². The fourth-order valence-electron chi connectivity index (χ4n) is 3.12. The van der Waals surface area contributed by atoms with Crippen molar-refractivity contribution in [1.82, 2.24) is 9.80 Å². The highest BCUT2D eigenvalue weighted by atomic mass is 16.5. The molecule has 2 atom stereocenters. The molecule has 1 aromatic carbocycles. The number of amides is 3. The Labute approximate surface area is 151 Å². The zero-order valence-electron chi connectivity index (χ0n) is 14.5. The molecule has 2 aliphatic rings. The van der Waals surface area contributed by atoms with E-state index >= 15 is 0 Å². The number of nitrogens with zero attached hydrogens (tertiary/aromatic N) is 2. The van der Waals surface area contributed by atoms with E-state index < -0.39 is 5.97 Å². The average molecular weight is 359 g/mol. The molecule has 0 spiro atoms. The Morgan fingerprint density at radius 2 is 1.88 bits per heavy atom. The normalized spacial score (nSPS) is 21.7. The summed E-state index contributed by atoms with van der Waals surface area (Å²) in [7, 11) is 1.29. The number of methoxy groups -OCH3 is 1. The molecule has 1 aliphatic heterocycles. The Kier molecular flexibility index (Phi) is 5.20. The summed E-state index contributed by atoms with van der Waals surface area (Å²) >= 11 is 0. The second kappa shape index (κ2) is 7.55. The fraction of sp³-hybridized carbons (Fsp3) is 0.444. The van der Waals surface area contributed by atoms with Crippen LogP contribution in [0.5, 0.6) is 0 Å². The lowest BCUT2D eigenvalue weighted by Crippen LogP contribution is -2.48. The van der Waals surface area contributed by atoms with Gasteiger partial charge in [-0.15, -0.1) is 0 Å². The molecule has 8 nitrogen and oxygen atoms in total. The summed E-state index contributed by atoms with van der Waals surface area (Å²) in [6.45, 7) is 2.06. The molecule has 26 heavy (non-hydrogen) atoms. The average Bonchev–Trinajstić information content (AvgIpc) is 3.48. The molecule has 138 valence electrons. The summed E-state index contributed by atoms with van der Waals surface area (Å²) in [5.41, 5.74) is 0.845. The smallest absolute Gasteiger partial charge is 0.337 e. The van der Waals surface area contributed by atoms with E-state index in [-0.39, 0.29) is 23.7 Å². The molecule has 0 aromatic heterocycles. The molecular formula is C18H21N3O5. The molecule has 1 N–H and O–H groups in total. The third kappa shape index (κ3) is 3.84. The van der Waals surface area contributed by atoms with Gasteiger partial charge in [-0.1, -0.05) is 6.07 Å². The highest BCUT2D eigenvalue weighted by Gasteiger charge is 2.49. The standard InChI is InChI=1S/C18H21N3O5/c1-26-18(25)12-3-2-4-13(9-12)19-16(23)14-10-15(14)17(24)21-7-5-20(11-22)6-8-21/h2-4,9,11,14-15H,5-8,10H2,1H3,(H,19,23). The van der Waals surface area contributed by atoms with Crippen molar-refractivity contribution >= 4 is 29.9 Å². The first-order valence-electron chi connectivity index (χ1n) is 8.51. The van der Waals surface area contributed by atoms with E-state index in [0.29, 0.717) is 43.9 Å². The summed E-state index contributed by atoms with van der Waals surface area (Å²) in [5.74, 6) is -1.39. The van der Waals surface area contributed by atoms with Crippen LogP contribution in [0.25, 0.3) is 0 Å². The monoisotopic (exact) mass is 359 g/mol. The van der Waals surface area contributed by atoms with Crippen LogP contribution in [0.15, 0.2) is 24.3 Å². The number of nitrogens with one attached hydrogen (secondary N) is 1. The lowest BCUT2D eigenvalue weighted by Gasteiger charge is -2.32. The molecule has 1 saturated heterocycles. The number of carbonyl (C=O) groups excluding carboxylic acids is 4. The maximum absolute atomic E-state index is 12.5. The van der Waals surface area contributed by atoms with E-state index in [0.717, 1.165) is 6.41 Å². The van der Waals surface area contributed by atoms with E-state index in [1.54, 1.807) is 34.1 Å². The summed E-state index contributed by atoms with van der Waals surface area (Å²) in [6, 6.07) is 6.48. The van der Waals surface area contributed by atoms with E-state index in [4.69, 9.17) is 0 Å². The molecule has 8 heteroatoms. The van der Waals surface area contributed by atoms with Gasteiger partial charge in [0.1, 0.15) is 0 Å². The first-order valence-corrected chi connectivity index (χ1v) is 8.51. The highest BCUT2D eigenvalue weighted by Crippen LogP contribution is 2.41. The Hall–Kier alpha value is -2.90. The van der Waals surface area contributed by atoms with Crippen molar-refractivity contribution in [3.63, 3.8) is 0 Å². The maximum Gasteiger partial charge on any atom is 0.337 e. The first kappa shape index (κ1) is 17.9. The number of hydrogen-bond donors (Lipinski definition) is 1. The van der Waals surface area contributed by atoms with Gasteiger partial charge in [0.25, 0.3) is 0 Å². The first-order chi connectivity index (χ1) is 12.5.